The lowest BCUT2D eigenvalue weighted by Gasteiger charge is -2.32. The van der Waals surface area contributed by atoms with Crippen LogP contribution in [0.1, 0.15) is 53.4 Å². The zero-order chi connectivity index (χ0) is 15.9. The van der Waals surface area contributed by atoms with Gasteiger partial charge in [0.2, 0.25) is 0 Å². The zero-order valence-electron chi connectivity index (χ0n) is 14.4. The van der Waals surface area contributed by atoms with Crippen LogP contribution in [0.25, 0.3) is 0 Å². The van der Waals surface area contributed by atoms with Crippen LogP contribution in [-0.4, -0.2) is 55.4 Å². The number of rotatable bonds is 6. The smallest absolute Gasteiger partial charge is 0.407 e. The Morgan fingerprint density at radius 3 is 2.71 bits per heavy atom. The van der Waals surface area contributed by atoms with E-state index in [2.05, 4.69) is 22.6 Å². The second kappa shape index (κ2) is 8.59. The fourth-order valence-corrected chi connectivity index (χ4v) is 2.57. The predicted octanol–water partition coefficient (Wildman–Crippen LogP) is 2.36. The highest BCUT2D eigenvalue weighted by molar-refractivity contribution is 5.67. The number of alkyl carbamates (subject to hydrolysis) is 1. The van der Waals surface area contributed by atoms with Gasteiger partial charge >= 0.3 is 6.09 Å². The molecule has 5 nitrogen and oxygen atoms in total. The number of likely N-dealkylation sites (tertiary alicyclic amines) is 1. The van der Waals surface area contributed by atoms with Crippen molar-refractivity contribution >= 4 is 6.09 Å². The van der Waals surface area contributed by atoms with E-state index in [0.29, 0.717) is 6.04 Å². The van der Waals surface area contributed by atoms with Crippen LogP contribution in [0, 0.1) is 0 Å². The average Bonchev–Trinajstić information content (AvgIpc) is 2.34. The standard InChI is InChI=1S/C16H33N3O2/c1-13(18-15(20)21-16(2,3)4)9-10-17-12-14-8-6-7-11-19(14)5/h13-14,17H,6-12H2,1-5H3,(H,18,20). The minimum atomic E-state index is -0.437. The lowest BCUT2D eigenvalue weighted by Crippen LogP contribution is -2.44. The third-order valence-corrected chi connectivity index (χ3v) is 3.82. The molecule has 0 radical (unpaired) electrons. The first kappa shape index (κ1) is 18.2. The number of nitrogens with one attached hydrogen (secondary N) is 2. The second-order valence-corrected chi connectivity index (χ2v) is 7.17. The molecule has 2 atom stereocenters. The summed E-state index contributed by atoms with van der Waals surface area (Å²) in [5.74, 6) is 0. The summed E-state index contributed by atoms with van der Waals surface area (Å²) < 4.78 is 5.25. The first-order valence-corrected chi connectivity index (χ1v) is 8.18. The van der Waals surface area contributed by atoms with Gasteiger partial charge in [0.25, 0.3) is 0 Å². The number of amides is 1. The quantitative estimate of drug-likeness (QED) is 0.739. The molecule has 1 aliphatic heterocycles. The normalized spacial score (nSPS) is 21.9. The van der Waals surface area contributed by atoms with Crippen LogP contribution in [0.4, 0.5) is 4.79 Å². The largest absolute Gasteiger partial charge is 0.444 e. The summed E-state index contributed by atoms with van der Waals surface area (Å²) >= 11 is 0. The number of hydrogen-bond acceptors (Lipinski definition) is 4. The molecule has 0 spiro atoms. The minimum absolute atomic E-state index is 0.122. The number of carbonyl (C=O) groups excluding carboxylic acids is 1. The Morgan fingerprint density at radius 2 is 2.10 bits per heavy atom. The van der Waals surface area contributed by atoms with Crippen molar-refractivity contribution in [3.63, 3.8) is 0 Å². The van der Waals surface area contributed by atoms with Crippen LogP contribution in [0.2, 0.25) is 0 Å². The fourth-order valence-electron chi connectivity index (χ4n) is 2.57. The third-order valence-electron chi connectivity index (χ3n) is 3.82. The van der Waals surface area contributed by atoms with Gasteiger partial charge in [-0.15, -0.1) is 0 Å². The SMILES string of the molecule is CC(CCNCC1CCCCN1C)NC(=O)OC(C)(C)C. The van der Waals surface area contributed by atoms with Crippen molar-refractivity contribution in [1.29, 1.82) is 0 Å². The summed E-state index contributed by atoms with van der Waals surface area (Å²) in [6, 6.07) is 0.782. The summed E-state index contributed by atoms with van der Waals surface area (Å²) in [5, 5.41) is 6.38. The maximum atomic E-state index is 11.6. The summed E-state index contributed by atoms with van der Waals surface area (Å²) in [4.78, 5) is 14.1. The van der Waals surface area contributed by atoms with Gasteiger partial charge in [0.15, 0.2) is 0 Å². The van der Waals surface area contributed by atoms with Gasteiger partial charge in [-0.05, 0) is 67.1 Å². The second-order valence-electron chi connectivity index (χ2n) is 7.17. The first-order valence-electron chi connectivity index (χ1n) is 8.18. The molecular formula is C16H33N3O2. The van der Waals surface area contributed by atoms with Crippen molar-refractivity contribution in [3.8, 4) is 0 Å². The Hall–Kier alpha value is -0.810. The average molecular weight is 299 g/mol. The molecule has 1 fully saturated rings. The molecular weight excluding hydrogens is 266 g/mol. The maximum Gasteiger partial charge on any atom is 0.407 e. The van der Waals surface area contributed by atoms with Crippen molar-refractivity contribution in [1.82, 2.24) is 15.5 Å². The van der Waals surface area contributed by atoms with Gasteiger partial charge in [0, 0.05) is 18.6 Å². The number of likely N-dealkylation sites (N-methyl/N-ethyl adjacent to an activating group) is 1. The third kappa shape index (κ3) is 8.27. The number of hydrogen-bond donors (Lipinski definition) is 2. The summed E-state index contributed by atoms with van der Waals surface area (Å²) in [7, 11) is 2.21. The van der Waals surface area contributed by atoms with Crippen LogP contribution in [0.15, 0.2) is 0 Å². The van der Waals surface area contributed by atoms with E-state index in [-0.39, 0.29) is 12.1 Å². The van der Waals surface area contributed by atoms with Crippen molar-refractivity contribution in [2.75, 3.05) is 26.7 Å². The Kier molecular flexibility index (Phi) is 7.46. The summed E-state index contributed by atoms with van der Waals surface area (Å²) in [6.07, 6.45) is 4.53. The molecule has 1 heterocycles. The number of carbonyl (C=O) groups is 1. The summed E-state index contributed by atoms with van der Waals surface area (Å²) in [5.41, 5.74) is -0.437. The van der Waals surface area contributed by atoms with Gasteiger partial charge in [0.05, 0.1) is 0 Å². The van der Waals surface area contributed by atoms with E-state index in [1.54, 1.807) is 0 Å². The van der Waals surface area contributed by atoms with E-state index in [1.807, 2.05) is 27.7 Å². The Morgan fingerprint density at radius 1 is 1.38 bits per heavy atom. The van der Waals surface area contributed by atoms with Crippen LogP contribution >= 0.6 is 0 Å². The molecule has 1 rings (SSSR count). The van der Waals surface area contributed by atoms with Gasteiger partial charge in [-0.3, -0.25) is 0 Å². The molecule has 0 saturated carbocycles. The molecule has 1 aliphatic rings. The highest BCUT2D eigenvalue weighted by Gasteiger charge is 2.19. The van der Waals surface area contributed by atoms with E-state index in [1.165, 1.54) is 25.8 Å². The van der Waals surface area contributed by atoms with Crippen molar-refractivity contribution in [2.24, 2.45) is 0 Å². The van der Waals surface area contributed by atoms with E-state index < -0.39 is 5.60 Å². The lowest BCUT2D eigenvalue weighted by molar-refractivity contribution is 0.0506. The molecule has 1 saturated heterocycles. The topological polar surface area (TPSA) is 53.6 Å². The molecule has 2 N–H and O–H groups in total. The molecule has 0 aromatic rings. The first-order chi connectivity index (χ1) is 9.78. The molecule has 0 aromatic carbocycles. The van der Waals surface area contributed by atoms with E-state index >= 15 is 0 Å². The Bertz CT molecular complexity index is 315. The predicted molar refractivity (Wildman–Crippen MR) is 86.6 cm³/mol. The van der Waals surface area contributed by atoms with Crippen LogP contribution in [0.5, 0.6) is 0 Å². The van der Waals surface area contributed by atoms with E-state index in [4.69, 9.17) is 4.74 Å². The molecule has 21 heavy (non-hydrogen) atoms. The molecule has 0 aromatic heterocycles. The van der Waals surface area contributed by atoms with Gasteiger partial charge in [-0.2, -0.15) is 0 Å². The van der Waals surface area contributed by atoms with Crippen LogP contribution in [-0.2, 0) is 4.74 Å². The van der Waals surface area contributed by atoms with Crippen molar-refractivity contribution < 1.29 is 9.53 Å². The van der Waals surface area contributed by atoms with Crippen molar-refractivity contribution in [3.05, 3.63) is 0 Å². The zero-order valence-corrected chi connectivity index (χ0v) is 14.4. The maximum absolute atomic E-state index is 11.6. The summed E-state index contributed by atoms with van der Waals surface area (Å²) in [6.45, 7) is 10.8. The van der Waals surface area contributed by atoms with Gasteiger partial charge < -0.3 is 20.3 Å². The Labute approximate surface area is 129 Å². The number of piperidine rings is 1. The highest BCUT2D eigenvalue weighted by Crippen LogP contribution is 2.13. The fraction of sp³-hybridized carbons (Fsp3) is 0.938. The van der Waals surface area contributed by atoms with Gasteiger partial charge in [-0.1, -0.05) is 6.42 Å². The number of nitrogens with zero attached hydrogens (tertiary/aromatic N) is 1. The van der Waals surface area contributed by atoms with Crippen LogP contribution < -0.4 is 10.6 Å². The lowest BCUT2D eigenvalue weighted by atomic mass is 10.0. The van der Waals surface area contributed by atoms with Crippen molar-refractivity contribution in [2.45, 2.75) is 71.1 Å². The van der Waals surface area contributed by atoms with E-state index in [9.17, 15) is 4.79 Å². The molecule has 0 bridgehead atoms. The van der Waals surface area contributed by atoms with Gasteiger partial charge in [0.1, 0.15) is 5.60 Å². The molecule has 1 amide bonds. The molecule has 5 heteroatoms. The number of ether oxygens (including phenoxy) is 1. The van der Waals surface area contributed by atoms with E-state index in [0.717, 1.165) is 19.5 Å². The molecule has 0 aliphatic carbocycles. The Balaban J connectivity index is 2.10. The monoisotopic (exact) mass is 299 g/mol. The van der Waals surface area contributed by atoms with Crippen LogP contribution in [0.3, 0.4) is 0 Å². The molecule has 124 valence electrons. The van der Waals surface area contributed by atoms with Gasteiger partial charge in [-0.25, -0.2) is 4.79 Å². The molecule has 2 unspecified atom stereocenters. The minimum Gasteiger partial charge on any atom is -0.444 e. The highest BCUT2D eigenvalue weighted by atomic mass is 16.6.